The van der Waals surface area contributed by atoms with Crippen LogP contribution in [-0.4, -0.2) is 42.4 Å². The third-order valence-electron chi connectivity index (χ3n) is 7.29. The number of hydrogen-bond acceptors (Lipinski definition) is 6. The van der Waals surface area contributed by atoms with Gasteiger partial charge in [0.1, 0.15) is 6.04 Å². The molecule has 1 heterocycles. The normalized spacial score (nSPS) is 15.0. The van der Waals surface area contributed by atoms with Crippen molar-refractivity contribution in [2.24, 2.45) is 5.73 Å². The van der Waals surface area contributed by atoms with Gasteiger partial charge < -0.3 is 26.0 Å². The third-order valence-corrected chi connectivity index (χ3v) is 8.51. The minimum absolute atomic E-state index is 0.120. The van der Waals surface area contributed by atoms with Gasteiger partial charge in [-0.15, -0.1) is 11.8 Å². The number of anilines is 1. The molecule has 4 aromatic rings. The Morgan fingerprint density at radius 2 is 1.72 bits per heavy atom. The highest BCUT2D eigenvalue weighted by Crippen LogP contribution is 2.40. The molecule has 222 valence electrons. The molecule has 0 fully saturated rings. The van der Waals surface area contributed by atoms with Crippen molar-refractivity contribution in [3.05, 3.63) is 96.1 Å². The molecular formula is C34H36N4O4S. The Balaban J connectivity index is 1.44. The Labute approximate surface area is 256 Å². The van der Waals surface area contributed by atoms with Crippen molar-refractivity contribution in [3.63, 3.8) is 0 Å². The topological polar surface area (TPSA) is 114 Å². The smallest absolute Gasteiger partial charge is 0.407 e. The van der Waals surface area contributed by atoms with E-state index in [-0.39, 0.29) is 18.2 Å². The van der Waals surface area contributed by atoms with Crippen LogP contribution in [0.4, 0.5) is 10.5 Å². The Hall–Kier alpha value is -4.34. The molecule has 4 aromatic carbocycles. The van der Waals surface area contributed by atoms with E-state index in [1.165, 1.54) is 7.11 Å². The van der Waals surface area contributed by atoms with E-state index in [1.807, 2.05) is 72.8 Å². The number of fused-ring (bicyclic) bond motifs is 3. The first-order chi connectivity index (χ1) is 20.6. The van der Waals surface area contributed by atoms with E-state index in [4.69, 9.17) is 10.5 Å². The number of alkyl carbamates (subject to hydrolysis) is 1. The maximum Gasteiger partial charge on any atom is 0.407 e. The average Bonchev–Trinajstić information content (AvgIpc) is 3.12. The number of rotatable bonds is 8. The Kier molecular flexibility index (Phi) is 9.03. The molecule has 0 aliphatic carbocycles. The Bertz CT molecular complexity index is 1650. The molecular weight excluding hydrogens is 560 g/mol. The quantitative estimate of drug-likeness (QED) is 0.244. The number of thioether (sulfide) groups is 1. The van der Waals surface area contributed by atoms with Crippen LogP contribution in [0.1, 0.15) is 31.4 Å². The number of nitrogens with one attached hydrogen (secondary N) is 2. The molecule has 1 atom stereocenters. The minimum Gasteiger partial charge on any atom is -0.453 e. The molecule has 0 saturated carbocycles. The van der Waals surface area contributed by atoms with Gasteiger partial charge in [-0.05, 0) is 52.9 Å². The van der Waals surface area contributed by atoms with Crippen molar-refractivity contribution >= 4 is 46.1 Å². The summed E-state index contributed by atoms with van der Waals surface area (Å²) in [5.74, 6) is 0.0162. The van der Waals surface area contributed by atoms with E-state index in [9.17, 15) is 14.4 Å². The van der Waals surface area contributed by atoms with Gasteiger partial charge in [0, 0.05) is 29.2 Å². The first-order valence-corrected chi connectivity index (χ1v) is 15.1. The first kappa shape index (κ1) is 30.1. The molecule has 0 saturated heterocycles. The first-order valence-electron chi connectivity index (χ1n) is 14.2. The van der Waals surface area contributed by atoms with Gasteiger partial charge >= 0.3 is 6.09 Å². The lowest BCUT2D eigenvalue weighted by Gasteiger charge is -2.27. The van der Waals surface area contributed by atoms with Crippen molar-refractivity contribution in [1.29, 1.82) is 0 Å². The summed E-state index contributed by atoms with van der Waals surface area (Å²) in [5.41, 5.74) is 10.1. The molecule has 43 heavy (non-hydrogen) atoms. The van der Waals surface area contributed by atoms with Crippen LogP contribution in [0, 0.1) is 0 Å². The summed E-state index contributed by atoms with van der Waals surface area (Å²) >= 11 is 1.59. The van der Waals surface area contributed by atoms with Gasteiger partial charge in [0.05, 0.1) is 19.3 Å². The van der Waals surface area contributed by atoms with Crippen LogP contribution in [-0.2, 0) is 27.4 Å². The van der Waals surface area contributed by atoms with Crippen LogP contribution in [0.15, 0.2) is 89.8 Å². The number of benzene rings is 4. The highest BCUT2D eigenvalue weighted by Gasteiger charge is 2.33. The van der Waals surface area contributed by atoms with Crippen molar-refractivity contribution in [2.45, 2.75) is 49.8 Å². The number of amides is 3. The number of nitrogens with zero attached hydrogens (tertiary/aromatic N) is 1. The molecule has 0 spiro atoms. The zero-order valence-corrected chi connectivity index (χ0v) is 25.4. The molecule has 0 bridgehead atoms. The van der Waals surface area contributed by atoms with Crippen LogP contribution < -0.4 is 21.3 Å². The fourth-order valence-electron chi connectivity index (χ4n) is 5.23. The third kappa shape index (κ3) is 7.18. The second-order valence-corrected chi connectivity index (χ2v) is 12.4. The molecule has 1 aliphatic heterocycles. The van der Waals surface area contributed by atoms with Gasteiger partial charge in [-0.3, -0.25) is 9.59 Å². The second kappa shape index (κ2) is 12.9. The zero-order chi connectivity index (χ0) is 30.6. The fourth-order valence-corrected chi connectivity index (χ4v) is 6.46. The lowest BCUT2D eigenvalue weighted by atomic mass is 9.98. The maximum atomic E-state index is 14.1. The van der Waals surface area contributed by atoms with Crippen molar-refractivity contribution in [2.75, 3.05) is 17.8 Å². The second-order valence-electron chi connectivity index (χ2n) is 11.4. The molecule has 0 unspecified atom stereocenters. The predicted molar refractivity (Wildman–Crippen MR) is 172 cm³/mol. The van der Waals surface area contributed by atoms with Crippen LogP contribution >= 0.6 is 11.8 Å². The number of ether oxygens (including phenoxy) is 1. The fraction of sp³-hybridized carbons (Fsp3) is 0.265. The maximum absolute atomic E-state index is 14.1. The van der Waals surface area contributed by atoms with Crippen LogP contribution in [0.3, 0.4) is 0 Å². The lowest BCUT2D eigenvalue weighted by molar-refractivity contribution is -0.127. The Morgan fingerprint density at radius 1 is 1.00 bits per heavy atom. The standard InChI is InChI=1S/C34H36N4O4S/c1-34(2,35)18-30(39)37-28-21-43-31-27-11-7-4-8-23(27)16-17-29(31)38(32(28)40)20-22-12-14-24(15-13-22)26-10-6-5-9-25(26)19-36-33(41)42-3/h4-17,28H,18-21,35H2,1-3H3,(H,36,41)(H,37,39)/t28-/m1/s1. The van der Waals surface area contributed by atoms with E-state index in [1.54, 1.807) is 30.5 Å². The van der Waals surface area contributed by atoms with Crippen LogP contribution in [0.5, 0.6) is 0 Å². The molecule has 0 radical (unpaired) electrons. The summed E-state index contributed by atoms with van der Waals surface area (Å²) in [7, 11) is 1.34. The van der Waals surface area contributed by atoms with Crippen molar-refractivity contribution in [1.82, 2.24) is 10.6 Å². The summed E-state index contributed by atoms with van der Waals surface area (Å²) in [5, 5.41) is 7.87. The number of methoxy groups -OCH3 is 1. The summed E-state index contributed by atoms with van der Waals surface area (Å²) in [6, 6.07) is 27.4. The number of carbonyl (C=O) groups excluding carboxylic acids is 3. The highest BCUT2D eigenvalue weighted by atomic mass is 32.2. The van der Waals surface area contributed by atoms with E-state index in [0.717, 1.165) is 43.6 Å². The van der Waals surface area contributed by atoms with E-state index < -0.39 is 17.7 Å². The van der Waals surface area contributed by atoms with E-state index in [0.29, 0.717) is 18.8 Å². The van der Waals surface area contributed by atoms with Gasteiger partial charge in [0.25, 0.3) is 5.91 Å². The van der Waals surface area contributed by atoms with Crippen LogP contribution in [0.2, 0.25) is 0 Å². The molecule has 0 aromatic heterocycles. The predicted octanol–water partition coefficient (Wildman–Crippen LogP) is 5.61. The average molecular weight is 597 g/mol. The molecule has 9 heteroatoms. The minimum atomic E-state index is -0.695. The lowest BCUT2D eigenvalue weighted by Crippen LogP contribution is -2.51. The molecule has 8 nitrogen and oxygen atoms in total. The van der Waals surface area contributed by atoms with Crippen molar-refractivity contribution in [3.8, 4) is 11.1 Å². The number of hydrogen-bond donors (Lipinski definition) is 3. The highest BCUT2D eigenvalue weighted by molar-refractivity contribution is 7.99. The van der Waals surface area contributed by atoms with Crippen molar-refractivity contribution < 1.29 is 19.1 Å². The largest absolute Gasteiger partial charge is 0.453 e. The molecule has 5 rings (SSSR count). The summed E-state index contributed by atoms with van der Waals surface area (Å²) in [6.07, 6.45) is -0.366. The monoisotopic (exact) mass is 596 g/mol. The molecule has 4 N–H and O–H groups in total. The number of nitrogens with two attached hydrogens (primary N) is 1. The van der Waals surface area contributed by atoms with Gasteiger partial charge in [-0.25, -0.2) is 4.79 Å². The molecule has 1 aliphatic rings. The van der Waals surface area contributed by atoms with Gasteiger partial charge in [0.15, 0.2) is 0 Å². The van der Waals surface area contributed by atoms with Gasteiger partial charge in [-0.2, -0.15) is 0 Å². The SMILES string of the molecule is COC(=O)NCc1ccccc1-c1ccc(CN2C(=O)[C@H](NC(=O)CC(C)(C)N)CSc3c2ccc2ccccc32)cc1. The van der Waals surface area contributed by atoms with E-state index >= 15 is 0 Å². The van der Waals surface area contributed by atoms with Gasteiger partial charge in [0.2, 0.25) is 5.91 Å². The number of carbonyl (C=O) groups is 3. The van der Waals surface area contributed by atoms with Gasteiger partial charge in [-0.1, -0.05) is 78.9 Å². The summed E-state index contributed by atoms with van der Waals surface area (Å²) < 4.78 is 4.71. The van der Waals surface area contributed by atoms with Crippen LogP contribution in [0.25, 0.3) is 21.9 Å². The Morgan fingerprint density at radius 3 is 2.47 bits per heavy atom. The zero-order valence-electron chi connectivity index (χ0n) is 24.6. The summed E-state index contributed by atoms with van der Waals surface area (Å²) in [4.78, 5) is 41.3. The molecule has 3 amide bonds. The summed E-state index contributed by atoms with van der Waals surface area (Å²) in [6.45, 7) is 4.26. The van der Waals surface area contributed by atoms with E-state index in [2.05, 4.69) is 22.8 Å².